The van der Waals surface area contributed by atoms with Crippen molar-refractivity contribution in [2.75, 3.05) is 6.61 Å². The van der Waals surface area contributed by atoms with Gasteiger partial charge in [0.15, 0.2) is 0 Å². The Labute approximate surface area is 184 Å². The van der Waals surface area contributed by atoms with Crippen LogP contribution in [0.15, 0.2) is 23.0 Å². The zero-order valence-electron chi connectivity index (χ0n) is 18.8. The van der Waals surface area contributed by atoms with Crippen LogP contribution in [-0.4, -0.2) is 33.1 Å². The Morgan fingerprint density at radius 3 is 2.81 bits per heavy atom. The number of hydrogen-bond acceptors (Lipinski definition) is 6. The molecule has 3 unspecified atom stereocenters. The van der Waals surface area contributed by atoms with Crippen molar-refractivity contribution >= 4 is 11.5 Å². The highest BCUT2D eigenvalue weighted by Gasteiger charge is 2.58. The van der Waals surface area contributed by atoms with E-state index in [1.165, 1.54) is 12.8 Å². The molecule has 5 rings (SSSR count). The third kappa shape index (κ3) is 3.45. The van der Waals surface area contributed by atoms with Crippen LogP contribution in [0.1, 0.15) is 70.9 Å². The van der Waals surface area contributed by atoms with Gasteiger partial charge in [-0.15, -0.1) is 5.10 Å². The maximum absolute atomic E-state index is 12.6. The molecule has 0 aliphatic heterocycles. The standard InChI is InChI=1S/C24H35N5O2/c1-23-9-7-17(27-31-12-11-29-15-18(14-25)26-28-29)13-16(23)3-4-19-20-5-6-22(30)24(20,2)10-8-21(19)23/h13,15,19-21H,3-12,14,25H2,1-2H3/b27-17+/t19?,20?,21?,23-,24-/m0/s1. The van der Waals surface area contributed by atoms with Crippen LogP contribution in [0.5, 0.6) is 0 Å². The Morgan fingerprint density at radius 1 is 1.16 bits per heavy atom. The predicted molar refractivity (Wildman–Crippen MR) is 118 cm³/mol. The van der Waals surface area contributed by atoms with Gasteiger partial charge in [-0.05, 0) is 74.2 Å². The number of hydrogen-bond donors (Lipinski definition) is 1. The van der Waals surface area contributed by atoms with E-state index in [2.05, 4.69) is 35.4 Å². The van der Waals surface area contributed by atoms with Crippen LogP contribution in [0.4, 0.5) is 0 Å². The van der Waals surface area contributed by atoms with E-state index in [0.29, 0.717) is 43.2 Å². The highest BCUT2D eigenvalue weighted by Crippen LogP contribution is 2.64. The number of allylic oxidation sites excluding steroid dienone is 2. The number of fused-ring (bicyclic) bond motifs is 5. The van der Waals surface area contributed by atoms with Crippen LogP contribution in [0.3, 0.4) is 0 Å². The first-order chi connectivity index (χ1) is 14.9. The second-order valence-electron chi connectivity index (χ2n) is 10.5. The third-order valence-corrected chi connectivity index (χ3v) is 9.08. The van der Waals surface area contributed by atoms with Crippen LogP contribution < -0.4 is 5.73 Å². The minimum absolute atomic E-state index is 0.0388. The molecule has 31 heavy (non-hydrogen) atoms. The van der Waals surface area contributed by atoms with Crippen molar-refractivity contribution in [1.82, 2.24) is 15.0 Å². The average Bonchev–Trinajstić information content (AvgIpc) is 3.35. The summed E-state index contributed by atoms with van der Waals surface area (Å²) >= 11 is 0. The van der Waals surface area contributed by atoms with Crippen LogP contribution >= 0.6 is 0 Å². The number of nitrogens with two attached hydrogens (primary N) is 1. The fourth-order valence-corrected chi connectivity index (χ4v) is 7.22. The molecule has 2 N–H and O–H groups in total. The summed E-state index contributed by atoms with van der Waals surface area (Å²) in [4.78, 5) is 18.2. The molecule has 3 fully saturated rings. The van der Waals surface area contributed by atoms with E-state index in [0.717, 1.165) is 49.9 Å². The van der Waals surface area contributed by atoms with Gasteiger partial charge in [0.25, 0.3) is 0 Å². The van der Waals surface area contributed by atoms with Gasteiger partial charge in [-0.3, -0.25) is 4.79 Å². The Bertz CT molecular complexity index is 921. The summed E-state index contributed by atoms with van der Waals surface area (Å²) in [7, 11) is 0. The number of oxime groups is 1. The molecule has 7 nitrogen and oxygen atoms in total. The molecule has 0 amide bonds. The molecule has 0 radical (unpaired) electrons. The molecule has 1 aromatic heterocycles. The van der Waals surface area contributed by atoms with E-state index >= 15 is 0 Å². The summed E-state index contributed by atoms with van der Waals surface area (Å²) in [5, 5.41) is 12.5. The lowest BCUT2D eigenvalue weighted by Crippen LogP contribution is -2.50. The van der Waals surface area contributed by atoms with Gasteiger partial charge in [0.1, 0.15) is 12.4 Å². The summed E-state index contributed by atoms with van der Waals surface area (Å²) < 4.78 is 1.74. The van der Waals surface area contributed by atoms with E-state index in [-0.39, 0.29) is 10.8 Å². The molecular formula is C24H35N5O2. The van der Waals surface area contributed by atoms with Crippen LogP contribution in [-0.2, 0) is 22.7 Å². The van der Waals surface area contributed by atoms with Gasteiger partial charge in [0, 0.05) is 24.6 Å². The second-order valence-corrected chi connectivity index (χ2v) is 10.5. The van der Waals surface area contributed by atoms with E-state index in [1.807, 2.05) is 6.20 Å². The van der Waals surface area contributed by atoms with E-state index in [9.17, 15) is 4.79 Å². The lowest BCUT2D eigenvalue weighted by Gasteiger charge is -2.57. The molecular weight excluding hydrogens is 390 g/mol. The molecule has 0 spiro atoms. The van der Waals surface area contributed by atoms with E-state index in [1.54, 1.807) is 10.3 Å². The third-order valence-electron chi connectivity index (χ3n) is 9.08. The fourth-order valence-electron chi connectivity index (χ4n) is 7.22. The van der Waals surface area contributed by atoms with Crippen molar-refractivity contribution in [2.24, 2.45) is 39.5 Å². The molecule has 5 atom stereocenters. The minimum Gasteiger partial charge on any atom is -0.394 e. The topological polar surface area (TPSA) is 95.4 Å². The number of ketones is 1. The predicted octanol–water partition coefficient (Wildman–Crippen LogP) is 3.64. The Morgan fingerprint density at radius 2 is 2.00 bits per heavy atom. The quantitative estimate of drug-likeness (QED) is 0.574. The first kappa shape index (κ1) is 20.9. The van der Waals surface area contributed by atoms with Gasteiger partial charge in [-0.25, -0.2) is 4.68 Å². The molecule has 4 aliphatic carbocycles. The van der Waals surface area contributed by atoms with E-state index < -0.39 is 0 Å². The van der Waals surface area contributed by atoms with Gasteiger partial charge in [0.2, 0.25) is 0 Å². The fraction of sp³-hybridized carbons (Fsp3) is 0.750. The number of rotatable bonds is 5. The molecule has 0 bridgehead atoms. The van der Waals surface area contributed by atoms with Crippen molar-refractivity contribution in [3.8, 4) is 0 Å². The SMILES string of the molecule is C[C@]12CC/C(=N\OCCn3cc(CN)nn3)C=C1CCC1C2CC[C@]2(C)C(=O)CCC12. The van der Waals surface area contributed by atoms with Gasteiger partial charge in [0.05, 0.1) is 18.0 Å². The first-order valence-electron chi connectivity index (χ1n) is 12.0. The summed E-state index contributed by atoms with van der Waals surface area (Å²) in [5.74, 6) is 2.56. The zero-order valence-corrected chi connectivity index (χ0v) is 18.8. The molecule has 1 heterocycles. The monoisotopic (exact) mass is 425 g/mol. The molecule has 0 aromatic carbocycles. The van der Waals surface area contributed by atoms with Crippen molar-refractivity contribution in [2.45, 2.75) is 78.3 Å². The van der Waals surface area contributed by atoms with Crippen LogP contribution in [0.25, 0.3) is 0 Å². The number of carbonyl (C=O) groups excluding carboxylic acids is 1. The molecule has 3 saturated carbocycles. The van der Waals surface area contributed by atoms with Crippen molar-refractivity contribution in [1.29, 1.82) is 0 Å². The van der Waals surface area contributed by atoms with Crippen molar-refractivity contribution in [3.05, 3.63) is 23.5 Å². The second kappa shape index (κ2) is 7.84. The lowest BCUT2D eigenvalue weighted by atomic mass is 9.47. The average molecular weight is 426 g/mol. The van der Waals surface area contributed by atoms with E-state index in [4.69, 9.17) is 10.6 Å². The Kier molecular flexibility index (Phi) is 5.27. The van der Waals surface area contributed by atoms with Gasteiger partial charge >= 0.3 is 0 Å². The number of carbonyl (C=O) groups is 1. The normalized spacial score (nSPS) is 38.4. The maximum atomic E-state index is 12.6. The lowest BCUT2D eigenvalue weighted by molar-refractivity contribution is -0.132. The van der Waals surface area contributed by atoms with Gasteiger partial charge in [-0.2, -0.15) is 0 Å². The summed E-state index contributed by atoms with van der Waals surface area (Å²) in [6.45, 7) is 6.22. The Balaban J connectivity index is 1.24. The number of nitrogens with zero attached hydrogens (tertiary/aromatic N) is 4. The van der Waals surface area contributed by atoms with Crippen LogP contribution in [0.2, 0.25) is 0 Å². The largest absolute Gasteiger partial charge is 0.394 e. The molecule has 4 aliphatic rings. The van der Waals surface area contributed by atoms with Crippen molar-refractivity contribution in [3.63, 3.8) is 0 Å². The minimum atomic E-state index is -0.0388. The number of Topliss-reactive ketones (excluding diaryl/α,β-unsaturated/α-hetero) is 1. The summed E-state index contributed by atoms with van der Waals surface area (Å²) in [5.41, 5.74) is 9.18. The number of aromatic nitrogens is 3. The first-order valence-corrected chi connectivity index (χ1v) is 12.0. The highest BCUT2D eigenvalue weighted by atomic mass is 16.6. The van der Waals surface area contributed by atoms with Crippen LogP contribution in [0, 0.1) is 28.6 Å². The molecule has 1 aromatic rings. The zero-order chi connectivity index (χ0) is 21.6. The van der Waals surface area contributed by atoms with Gasteiger partial charge in [-0.1, -0.05) is 29.8 Å². The maximum Gasteiger partial charge on any atom is 0.139 e. The molecule has 7 heteroatoms. The highest BCUT2D eigenvalue weighted by molar-refractivity contribution is 5.96. The summed E-state index contributed by atoms with van der Waals surface area (Å²) in [6.07, 6.45) is 12.8. The van der Waals surface area contributed by atoms with Gasteiger partial charge < -0.3 is 10.6 Å². The molecule has 168 valence electrons. The smallest absolute Gasteiger partial charge is 0.139 e. The van der Waals surface area contributed by atoms with Crippen molar-refractivity contribution < 1.29 is 9.63 Å². The summed E-state index contributed by atoms with van der Waals surface area (Å²) in [6, 6.07) is 0. The Hall–Kier alpha value is -2.02. The molecule has 0 saturated heterocycles.